The molecule has 2 aromatic rings. The fourth-order valence-corrected chi connectivity index (χ4v) is 2.35. The molecule has 1 aliphatic rings. The predicted molar refractivity (Wildman–Crippen MR) is 76.8 cm³/mol. The van der Waals surface area contributed by atoms with Crippen molar-refractivity contribution < 1.29 is 0 Å². The van der Waals surface area contributed by atoms with Crippen LogP contribution in [-0.4, -0.2) is 11.9 Å². The van der Waals surface area contributed by atoms with E-state index in [9.17, 15) is 0 Å². The Kier molecular flexibility index (Phi) is 2.52. The van der Waals surface area contributed by atoms with Crippen molar-refractivity contribution in [3.8, 4) is 0 Å². The second kappa shape index (κ2) is 4.19. The highest BCUT2D eigenvalue weighted by Crippen LogP contribution is 2.35. The highest BCUT2D eigenvalue weighted by Gasteiger charge is 2.18. The lowest BCUT2D eigenvalue weighted by Crippen LogP contribution is -2.15. The molecule has 2 aromatic carbocycles. The van der Waals surface area contributed by atoms with Crippen molar-refractivity contribution in [3.05, 3.63) is 84.1 Å². The SMILES string of the molecule is C=C1c2ccccc2C(c2ccccc2)=CN1C. The summed E-state index contributed by atoms with van der Waals surface area (Å²) in [7, 11) is 2.04. The number of nitrogens with zero attached hydrogens (tertiary/aromatic N) is 1. The first-order chi connectivity index (χ1) is 8.77. The smallest absolute Gasteiger partial charge is 0.0410 e. The first-order valence-electron chi connectivity index (χ1n) is 6.06. The van der Waals surface area contributed by atoms with E-state index in [1.54, 1.807) is 0 Å². The van der Waals surface area contributed by atoms with Gasteiger partial charge in [0.1, 0.15) is 0 Å². The van der Waals surface area contributed by atoms with Crippen LogP contribution in [0, 0.1) is 0 Å². The van der Waals surface area contributed by atoms with Crippen LogP contribution in [0.2, 0.25) is 0 Å². The summed E-state index contributed by atoms with van der Waals surface area (Å²) in [6.07, 6.45) is 2.15. The summed E-state index contributed by atoms with van der Waals surface area (Å²) in [5, 5.41) is 0. The summed E-state index contributed by atoms with van der Waals surface area (Å²) >= 11 is 0. The van der Waals surface area contributed by atoms with Crippen molar-refractivity contribution in [2.24, 2.45) is 0 Å². The van der Waals surface area contributed by atoms with E-state index < -0.39 is 0 Å². The minimum Gasteiger partial charge on any atom is -0.350 e. The van der Waals surface area contributed by atoms with Crippen LogP contribution < -0.4 is 0 Å². The minimum absolute atomic E-state index is 1.05. The van der Waals surface area contributed by atoms with Crippen molar-refractivity contribution in [2.75, 3.05) is 7.05 Å². The van der Waals surface area contributed by atoms with Gasteiger partial charge in [0.05, 0.1) is 0 Å². The van der Waals surface area contributed by atoms with E-state index in [0.717, 1.165) is 5.70 Å². The first kappa shape index (κ1) is 10.8. The van der Waals surface area contributed by atoms with Crippen LogP contribution in [0.5, 0.6) is 0 Å². The highest BCUT2D eigenvalue weighted by molar-refractivity contribution is 5.89. The van der Waals surface area contributed by atoms with Gasteiger partial charge in [-0.1, -0.05) is 61.2 Å². The molecule has 0 bridgehead atoms. The van der Waals surface area contributed by atoms with E-state index in [2.05, 4.69) is 66.2 Å². The maximum atomic E-state index is 4.15. The lowest BCUT2D eigenvalue weighted by Gasteiger charge is -2.28. The molecule has 18 heavy (non-hydrogen) atoms. The molecule has 1 aliphatic heterocycles. The summed E-state index contributed by atoms with van der Waals surface area (Å²) in [5.41, 5.74) is 6.00. The van der Waals surface area contributed by atoms with Crippen LogP contribution in [-0.2, 0) is 0 Å². The molecular formula is C17H15N. The Morgan fingerprint density at radius 1 is 0.833 bits per heavy atom. The van der Waals surface area contributed by atoms with Crippen molar-refractivity contribution in [1.82, 2.24) is 4.90 Å². The predicted octanol–water partition coefficient (Wildman–Crippen LogP) is 3.99. The van der Waals surface area contributed by atoms with Crippen LogP contribution >= 0.6 is 0 Å². The number of hydrogen-bond donors (Lipinski definition) is 0. The van der Waals surface area contributed by atoms with Crippen molar-refractivity contribution in [3.63, 3.8) is 0 Å². The number of benzene rings is 2. The summed E-state index contributed by atoms with van der Waals surface area (Å²) < 4.78 is 0. The Bertz CT molecular complexity index is 623. The van der Waals surface area contributed by atoms with Gasteiger partial charge < -0.3 is 4.90 Å². The van der Waals surface area contributed by atoms with Crippen LogP contribution in [0.3, 0.4) is 0 Å². The van der Waals surface area contributed by atoms with Gasteiger partial charge in [0, 0.05) is 30.1 Å². The standard InChI is InChI=1S/C17H15N/c1-13-15-10-6-7-11-16(15)17(12-18(13)2)14-8-4-3-5-9-14/h3-12H,1H2,2H3. The molecule has 1 nitrogen and oxygen atoms in total. The third-order valence-corrected chi connectivity index (χ3v) is 3.36. The zero-order chi connectivity index (χ0) is 12.5. The molecule has 88 valence electrons. The van der Waals surface area contributed by atoms with E-state index in [0.29, 0.717) is 0 Å². The van der Waals surface area contributed by atoms with Crippen molar-refractivity contribution >= 4 is 11.3 Å². The van der Waals surface area contributed by atoms with Crippen molar-refractivity contribution in [2.45, 2.75) is 0 Å². The van der Waals surface area contributed by atoms with E-state index in [1.807, 2.05) is 13.1 Å². The van der Waals surface area contributed by atoms with E-state index in [1.165, 1.54) is 22.3 Å². The molecule has 0 radical (unpaired) electrons. The molecule has 3 rings (SSSR count). The zero-order valence-electron chi connectivity index (χ0n) is 10.4. The molecule has 1 heterocycles. The Balaban J connectivity index is 2.21. The Hall–Kier alpha value is -2.28. The minimum atomic E-state index is 1.05. The third kappa shape index (κ3) is 1.65. The van der Waals surface area contributed by atoms with E-state index >= 15 is 0 Å². The van der Waals surface area contributed by atoms with E-state index in [-0.39, 0.29) is 0 Å². The fourth-order valence-electron chi connectivity index (χ4n) is 2.35. The lowest BCUT2D eigenvalue weighted by molar-refractivity contribution is 0.653. The normalized spacial score (nSPS) is 14.2. The molecule has 0 aliphatic carbocycles. The third-order valence-electron chi connectivity index (χ3n) is 3.36. The molecular weight excluding hydrogens is 218 g/mol. The van der Waals surface area contributed by atoms with Gasteiger partial charge in [-0.2, -0.15) is 0 Å². The molecule has 0 unspecified atom stereocenters. The average molecular weight is 233 g/mol. The molecule has 0 atom stereocenters. The molecule has 1 heteroatoms. The van der Waals surface area contributed by atoms with Gasteiger partial charge in [-0.3, -0.25) is 0 Å². The fraction of sp³-hybridized carbons (Fsp3) is 0.0588. The van der Waals surface area contributed by atoms with Crippen molar-refractivity contribution in [1.29, 1.82) is 0 Å². The Morgan fingerprint density at radius 3 is 2.17 bits per heavy atom. The number of hydrogen-bond acceptors (Lipinski definition) is 1. The molecule has 0 fully saturated rings. The van der Waals surface area contributed by atoms with Gasteiger partial charge >= 0.3 is 0 Å². The number of fused-ring (bicyclic) bond motifs is 1. The van der Waals surface area contributed by atoms with Crippen LogP contribution in [0.4, 0.5) is 0 Å². The Labute approximate surface area is 108 Å². The average Bonchev–Trinajstić information content (AvgIpc) is 2.44. The first-order valence-corrected chi connectivity index (χ1v) is 6.06. The zero-order valence-corrected chi connectivity index (χ0v) is 10.4. The summed E-state index contributed by atoms with van der Waals surface area (Å²) in [5.74, 6) is 0. The summed E-state index contributed by atoms with van der Waals surface area (Å²) in [6, 6.07) is 18.9. The van der Waals surface area contributed by atoms with Gasteiger partial charge in [0.15, 0.2) is 0 Å². The van der Waals surface area contributed by atoms with Crippen LogP contribution in [0.1, 0.15) is 16.7 Å². The maximum Gasteiger partial charge on any atom is 0.0410 e. The largest absolute Gasteiger partial charge is 0.350 e. The van der Waals surface area contributed by atoms with Gasteiger partial charge in [-0.15, -0.1) is 0 Å². The number of rotatable bonds is 1. The van der Waals surface area contributed by atoms with Gasteiger partial charge in [-0.05, 0) is 11.1 Å². The highest BCUT2D eigenvalue weighted by atomic mass is 15.1. The van der Waals surface area contributed by atoms with Crippen LogP contribution in [0.15, 0.2) is 67.4 Å². The summed E-state index contributed by atoms with van der Waals surface area (Å²) in [4.78, 5) is 2.09. The lowest BCUT2D eigenvalue weighted by atomic mass is 9.90. The topological polar surface area (TPSA) is 3.24 Å². The molecule has 0 N–H and O–H groups in total. The van der Waals surface area contributed by atoms with Gasteiger partial charge in [-0.25, -0.2) is 0 Å². The monoisotopic (exact) mass is 233 g/mol. The van der Waals surface area contributed by atoms with Gasteiger partial charge in [0.2, 0.25) is 0 Å². The second-order valence-electron chi connectivity index (χ2n) is 4.51. The molecule has 0 saturated heterocycles. The second-order valence-corrected chi connectivity index (χ2v) is 4.51. The molecule has 0 spiro atoms. The molecule has 0 saturated carbocycles. The van der Waals surface area contributed by atoms with Gasteiger partial charge in [0.25, 0.3) is 0 Å². The molecule has 0 amide bonds. The van der Waals surface area contributed by atoms with E-state index in [4.69, 9.17) is 0 Å². The maximum absolute atomic E-state index is 4.15. The quantitative estimate of drug-likeness (QED) is 0.719. The summed E-state index contributed by atoms with van der Waals surface area (Å²) in [6.45, 7) is 4.15. The Morgan fingerprint density at radius 2 is 1.44 bits per heavy atom. The molecule has 0 aromatic heterocycles. The van der Waals surface area contributed by atoms with Crippen LogP contribution in [0.25, 0.3) is 11.3 Å².